The molecular formula is C17H15N3O2. The fourth-order valence-corrected chi connectivity index (χ4v) is 1.93. The minimum absolute atomic E-state index is 0.118. The fraction of sp³-hybridized carbons (Fsp3) is 0. The van der Waals surface area contributed by atoms with Crippen LogP contribution >= 0.6 is 0 Å². The van der Waals surface area contributed by atoms with Gasteiger partial charge in [-0.25, -0.2) is 0 Å². The van der Waals surface area contributed by atoms with E-state index in [0.717, 1.165) is 0 Å². The van der Waals surface area contributed by atoms with Crippen LogP contribution in [0.15, 0.2) is 60.7 Å². The van der Waals surface area contributed by atoms with Gasteiger partial charge in [-0.3, -0.25) is 20.3 Å². The van der Waals surface area contributed by atoms with Crippen LogP contribution in [0.3, 0.4) is 0 Å². The molecule has 0 unspecified atom stereocenters. The first-order valence-electron chi connectivity index (χ1n) is 6.60. The number of ketones is 1. The molecule has 2 aromatic carbocycles. The molecule has 0 saturated carbocycles. The van der Waals surface area contributed by atoms with E-state index in [9.17, 15) is 9.59 Å². The van der Waals surface area contributed by atoms with Crippen LogP contribution in [-0.4, -0.2) is 17.6 Å². The Balaban J connectivity index is 2.28. The lowest BCUT2D eigenvalue weighted by Crippen LogP contribution is -2.34. The lowest BCUT2D eigenvalue weighted by Gasteiger charge is -2.05. The van der Waals surface area contributed by atoms with E-state index in [1.54, 1.807) is 48.5 Å². The first kappa shape index (κ1) is 15.2. The molecule has 4 N–H and O–H groups in total. The average molecular weight is 293 g/mol. The number of guanidine groups is 1. The smallest absolute Gasteiger partial charge is 0.250 e. The monoisotopic (exact) mass is 293 g/mol. The van der Waals surface area contributed by atoms with E-state index in [4.69, 9.17) is 11.1 Å². The van der Waals surface area contributed by atoms with E-state index >= 15 is 0 Å². The molecule has 5 heteroatoms. The van der Waals surface area contributed by atoms with Crippen LogP contribution in [0.1, 0.15) is 21.5 Å². The topological polar surface area (TPSA) is 96.0 Å². The fourth-order valence-electron chi connectivity index (χ4n) is 1.93. The van der Waals surface area contributed by atoms with Crippen molar-refractivity contribution in [1.82, 2.24) is 5.32 Å². The van der Waals surface area contributed by atoms with Crippen molar-refractivity contribution < 1.29 is 9.59 Å². The number of benzene rings is 2. The summed E-state index contributed by atoms with van der Waals surface area (Å²) < 4.78 is 0. The molecule has 0 atom stereocenters. The van der Waals surface area contributed by atoms with Crippen LogP contribution in [0.2, 0.25) is 0 Å². The molecule has 0 aliphatic carbocycles. The molecule has 22 heavy (non-hydrogen) atoms. The van der Waals surface area contributed by atoms with Crippen molar-refractivity contribution >= 4 is 23.7 Å². The van der Waals surface area contributed by atoms with Gasteiger partial charge in [-0.1, -0.05) is 54.6 Å². The first-order valence-corrected chi connectivity index (χ1v) is 6.60. The number of rotatable bonds is 4. The third kappa shape index (κ3) is 3.89. The van der Waals surface area contributed by atoms with Crippen LogP contribution in [0.5, 0.6) is 0 Å². The SMILES string of the molecule is N=C(N)NC(=O)/C=C/c1ccccc1C(=O)c1ccccc1. The molecule has 1 amide bonds. The largest absolute Gasteiger partial charge is 0.370 e. The van der Waals surface area contributed by atoms with Crippen molar-refractivity contribution in [2.75, 3.05) is 0 Å². The van der Waals surface area contributed by atoms with Gasteiger partial charge in [-0.15, -0.1) is 0 Å². The Morgan fingerprint density at radius 1 is 1.00 bits per heavy atom. The maximum absolute atomic E-state index is 12.5. The molecule has 0 radical (unpaired) electrons. The van der Waals surface area contributed by atoms with Gasteiger partial charge in [0.1, 0.15) is 0 Å². The summed E-state index contributed by atoms with van der Waals surface area (Å²) in [7, 11) is 0. The highest BCUT2D eigenvalue weighted by Crippen LogP contribution is 2.16. The van der Waals surface area contributed by atoms with Crippen LogP contribution < -0.4 is 11.1 Å². The van der Waals surface area contributed by atoms with Gasteiger partial charge in [0, 0.05) is 17.2 Å². The predicted octanol–water partition coefficient (Wildman–Crippen LogP) is 1.94. The molecule has 0 aliphatic heterocycles. The number of nitrogens with two attached hydrogens (primary N) is 1. The van der Waals surface area contributed by atoms with Crippen LogP contribution in [0.25, 0.3) is 6.08 Å². The van der Waals surface area contributed by atoms with Crippen molar-refractivity contribution in [2.24, 2.45) is 5.73 Å². The molecule has 0 heterocycles. The van der Waals surface area contributed by atoms with E-state index in [0.29, 0.717) is 16.7 Å². The normalized spacial score (nSPS) is 10.4. The summed E-state index contributed by atoms with van der Waals surface area (Å²) in [5.74, 6) is -1.06. The number of carbonyl (C=O) groups excluding carboxylic acids is 2. The zero-order valence-electron chi connectivity index (χ0n) is 11.7. The maximum Gasteiger partial charge on any atom is 0.250 e. The highest BCUT2D eigenvalue weighted by atomic mass is 16.1. The summed E-state index contributed by atoms with van der Waals surface area (Å²) in [6.45, 7) is 0. The highest BCUT2D eigenvalue weighted by Gasteiger charge is 2.11. The Morgan fingerprint density at radius 2 is 1.64 bits per heavy atom. The summed E-state index contributed by atoms with van der Waals surface area (Å²) in [5.41, 5.74) is 6.78. The van der Waals surface area contributed by atoms with Gasteiger partial charge >= 0.3 is 0 Å². The Kier molecular flexibility index (Phi) is 4.82. The van der Waals surface area contributed by atoms with Gasteiger partial charge < -0.3 is 5.73 Å². The summed E-state index contributed by atoms with van der Waals surface area (Å²) in [6, 6.07) is 15.9. The number of hydrogen-bond donors (Lipinski definition) is 3. The van der Waals surface area contributed by atoms with Gasteiger partial charge in [0.05, 0.1) is 0 Å². The Hall–Kier alpha value is -3.21. The molecular weight excluding hydrogens is 278 g/mol. The average Bonchev–Trinajstić information content (AvgIpc) is 2.53. The third-order valence-electron chi connectivity index (χ3n) is 2.91. The molecule has 0 bridgehead atoms. The molecule has 0 spiro atoms. The highest BCUT2D eigenvalue weighted by molar-refractivity contribution is 6.11. The van der Waals surface area contributed by atoms with Crippen molar-refractivity contribution in [3.8, 4) is 0 Å². The standard InChI is InChI=1S/C17H15N3O2/c18-17(19)20-15(21)11-10-12-6-4-5-9-14(12)16(22)13-7-2-1-3-8-13/h1-11H,(H4,18,19,20,21)/b11-10+. The molecule has 2 rings (SSSR count). The number of nitrogens with one attached hydrogen (secondary N) is 2. The second-order valence-electron chi connectivity index (χ2n) is 4.52. The van der Waals surface area contributed by atoms with Gasteiger partial charge in [-0.05, 0) is 11.6 Å². The lowest BCUT2D eigenvalue weighted by molar-refractivity contribution is -0.115. The molecule has 0 saturated heterocycles. The van der Waals surface area contributed by atoms with Gasteiger partial charge in [0.2, 0.25) is 0 Å². The minimum atomic E-state index is -0.519. The number of carbonyl (C=O) groups is 2. The second-order valence-corrected chi connectivity index (χ2v) is 4.52. The second kappa shape index (κ2) is 6.99. The van der Waals surface area contributed by atoms with Crippen molar-refractivity contribution in [2.45, 2.75) is 0 Å². The first-order chi connectivity index (χ1) is 10.6. The quantitative estimate of drug-likeness (QED) is 0.348. The molecule has 110 valence electrons. The van der Waals surface area contributed by atoms with Gasteiger partial charge in [0.25, 0.3) is 5.91 Å². The van der Waals surface area contributed by atoms with E-state index in [1.165, 1.54) is 12.2 Å². The predicted molar refractivity (Wildman–Crippen MR) is 85.4 cm³/mol. The van der Waals surface area contributed by atoms with Crippen molar-refractivity contribution in [3.63, 3.8) is 0 Å². The van der Waals surface area contributed by atoms with Gasteiger partial charge in [0.15, 0.2) is 11.7 Å². The number of hydrogen-bond acceptors (Lipinski definition) is 3. The molecule has 0 aromatic heterocycles. The van der Waals surface area contributed by atoms with Crippen LogP contribution in [0.4, 0.5) is 0 Å². The van der Waals surface area contributed by atoms with Crippen LogP contribution in [-0.2, 0) is 4.79 Å². The summed E-state index contributed by atoms with van der Waals surface area (Å²) in [4.78, 5) is 24.0. The zero-order chi connectivity index (χ0) is 15.9. The Labute approximate surface area is 128 Å². The lowest BCUT2D eigenvalue weighted by atomic mass is 9.98. The third-order valence-corrected chi connectivity index (χ3v) is 2.91. The maximum atomic E-state index is 12.5. The number of amides is 1. The summed E-state index contributed by atoms with van der Waals surface area (Å²) in [5, 5.41) is 9.13. The summed E-state index contributed by atoms with van der Waals surface area (Å²) >= 11 is 0. The van der Waals surface area contributed by atoms with E-state index < -0.39 is 11.9 Å². The molecule has 0 aliphatic rings. The Morgan fingerprint density at radius 3 is 2.32 bits per heavy atom. The van der Waals surface area contributed by atoms with Crippen molar-refractivity contribution in [1.29, 1.82) is 5.41 Å². The van der Waals surface area contributed by atoms with E-state index in [2.05, 4.69) is 5.32 Å². The van der Waals surface area contributed by atoms with Crippen molar-refractivity contribution in [3.05, 3.63) is 77.4 Å². The minimum Gasteiger partial charge on any atom is -0.370 e. The molecule has 2 aromatic rings. The van der Waals surface area contributed by atoms with Crippen LogP contribution in [0, 0.1) is 5.41 Å². The van der Waals surface area contributed by atoms with E-state index in [1.807, 2.05) is 6.07 Å². The van der Waals surface area contributed by atoms with Gasteiger partial charge in [-0.2, -0.15) is 0 Å². The van der Waals surface area contributed by atoms with E-state index in [-0.39, 0.29) is 5.78 Å². The Bertz CT molecular complexity index is 737. The molecule has 0 fully saturated rings. The molecule has 5 nitrogen and oxygen atoms in total. The zero-order valence-corrected chi connectivity index (χ0v) is 11.7. The summed E-state index contributed by atoms with van der Waals surface area (Å²) in [6.07, 6.45) is 2.76.